The molecule has 0 bridgehead atoms. The molecule has 5 rings (SSSR count). The van der Waals surface area contributed by atoms with Crippen molar-refractivity contribution in [2.75, 3.05) is 18.0 Å². The maximum Gasteiger partial charge on any atom is 0.283 e. The van der Waals surface area contributed by atoms with Crippen LogP contribution < -0.4 is 15.3 Å². The smallest absolute Gasteiger partial charge is 0.283 e. The number of ketones is 1. The second kappa shape index (κ2) is 13.5. The van der Waals surface area contributed by atoms with Crippen LogP contribution in [-0.4, -0.2) is 40.1 Å². The van der Waals surface area contributed by atoms with E-state index < -0.39 is 38.0 Å². The third kappa shape index (κ3) is 7.17. The molecule has 0 saturated carbocycles. The summed E-state index contributed by atoms with van der Waals surface area (Å²) in [6.07, 6.45) is -1.07. The van der Waals surface area contributed by atoms with E-state index in [-0.39, 0.29) is 29.9 Å². The zero-order chi connectivity index (χ0) is 31.4. The Bertz CT molecular complexity index is 1510. The SMILES string of the molecule is CC1CN(c2c(C(O[Si](c3ccccc3)c3ccccc3)C(C)(C)C)cc(C(=O)Cc3ccccc3)c(F)c2F)CC(C)O1. The molecule has 0 aliphatic carbocycles. The molecule has 7 heteroatoms. The summed E-state index contributed by atoms with van der Waals surface area (Å²) in [7, 11) is -1.84. The molecule has 3 atom stereocenters. The number of ether oxygens (including phenoxy) is 1. The maximum absolute atomic E-state index is 16.5. The normalized spacial score (nSPS) is 18.0. The van der Waals surface area contributed by atoms with Gasteiger partial charge in [-0.3, -0.25) is 4.79 Å². The van der Waals surface area contributed by atoms with E-state index in [1.165, 1.54) is 0 Å². The van der Waals surface area contributed by atoms with Crippen LogP contribution in [0.4, 0.5) is 14.5 Å². The highest BCUT2D eigenvalue weighted by atomic mass is 28.3. The lowest BCUT2D eigenvalue weighted by molar-refractivity contribution is -0.00576. The highest BCUT2D eigenvalue weighted by Crippen LogP contribution is 2.44. The van der Waals surface area contributed by atoms with Gasteiger partial charge < -0.3 is 14.1 Å². The van der Waals surface area contributed by atoms with Gasteiger partial charge in [-0.2, -0.15) is 0 Å². The Morgan fingerprint density at radius 2 is 1.36 bits per heavy atom. The summed E-state index contributed by atoms with van der Waals surface area (Å²) in [5, 5.41) is 2.08. The summed E-state index contributed by atoms with van der Waals surface area (Å²) in [4.78, 5) is 15.5. The number of rotatable bonds is 9. The lowest BCUT2D eigenvalue weighted by Gasteiger charge is -2.41. The Labute approximate surface area is 261 Å². The Morgan fingerprint density at radius 1 is 0.864 bits per heavy atom. The van der Waals surface area contributed by atoms with Crippen LogP contribution in [0.15, 0.2) is 97.1 Å². The van der Waals surface area contributed by atoms with Gasteiger partial charge in [-0.25, -0.2) is 8.78 Å². The molecule has 1 radical (unpaired) electrons. The topological polar surface area (TPSA) is 38.8 Å². The number of Topliss-reactive ketones (excluding diaryl/α,β-unsaturated/α-hetero) is 1. The van der Waals surface area contributed by atoms with E-state index in [0.717, 1.165) is 15.9 Å². The van der Waals surface area contributed by atoms with Crippen molar-refractivity contribution in [1.82, 2.24) is 0 Å². The minimum absolute atomic E-state index is 0.0360. The van der Waals surface area contributed by atoms with Gasteiger partial charge in [-0.1, -0.05) is 112 Å². The molecule has 229 valence electrons. The van der Waals surface area contributed by atoms with Crippen molar-refractivity contribution in [2.24, 2.45) is 5.41 Å². The third-order valence-corrected chi connectivity index (χ3v) is 10.0. The minimum atomic E-state index is -1.84. The minimum Gasteiger partial charge on any atom is -0.400 e. The molecule has 1 saturated heterocycles. The van der Waals surface area contributed by atoms with E-state index in [1.807, 2.05) is 131 Å². The summed E-state index contributed by atoms with van der Waals surface area (Å²) >= 11 is 0. The number of hydrogen-bond donors (Lipinski definition) is 0. The fourth-order valence-corrected chi connectivity index (χ4v) is 8.22. The van der Waals surface area contributed by atoms with Crippen molar-refractivity contribution in [2.45, 2.75) is 59.4 Å². The lowest BCUT2D eigenvalue weighted by Crippen LogP contribution is -2.48. The number of hydrogen-bond acceptors (Lipinski definition) is 4. The molecule has 1 aliphatic heterocycles. The first kappa shape index (κ1) is 31.8. The molecule has 4 aromatic carbocycles. The summed E-state index contributed by atoms with van der Waals surface area (Å²) in [6, 6.07) is 30.8. The van der Waals surface area contributed by atoms with Crippen LogP contribution in [0.2, 0.25) is 0 Å². The van der Waals surface area contributed by atoms with Crippen LogP contribution in [0.1, 0.15) is 62.2 Å². The number of anilines is 1. The lowest BCUT2D eigenvalue weighted by atomic mass is 9.82. The molecule has 0 amide bonds. The van der Waals surface area contributed by atoms with Gasteiger partial charge in [0.05, 0.1) is 29.6 Å². The van der Waals surface area contributed by atoms with Crippen molar-refractivity contribution in [3.05, 3.63) is 125 Å². The molecule has 44 heavy (non-hydrogen) atoms. The first-order valence-corrected chi connectivity index (χ1v) is 16.6. The van der Waals surface area contributed by atoms with Gasteiger partial charge in [0.2, 0.25) is 0 Å². The number of nitrogens with zero attached hydrogens (tertiary/aromatic N) is 1. The monoisotopic (exact) mass is 612 g/mol. The highest BCUT2D eigenvalue weighted by Gasteiger charge is 2.39. The van der Waals surface area contributed by atoms with E-state index in [4.69, 9.17) is 9.16 Å². The Morgan fingerprint density at radius 3 is 1.86 bits per heavy atom. The van der Waals surface area contributed by atoms with E-state index in [1.54, 1.807) is 6.07 Å². The van der Waals surface area contributed by atoms with Crippen LogP contribution in [0, 0.1) is 17.0 Å². The van der Waals surface area contributed by atoms with Crippen LogP contribution in [0.25, 0.3) is 0 Å². The van der Waals surface area contributed by atoms with Gasteiger partial charge in [0.15, 0.2) is 17.4 Å². The Kier molecular flexibility index (Phi) is 9.78. The first-order valence-electron chi connectivity index (χ1n) is 15.2. The average molecular weight is 613 g/mol. The Balaban J connectivity index is 1.68. The molecule has 3 unspecified atom stereocenters. The standard InChI is InChI=1S/C37H40F2NO3Si/c1-25-23-40(24-26(2)42-25)35-31(22-30(33(38)34(35)39)32(41)21-27-15-9-6-10-16-27)36(37(3,4)5)43-44(28-17-11-7-12-18-28)29-19-13-8-14-20-29/h6-20,22,25-26,36H,21,23-24H2,1-5H3. The van der Waals surface area contributed by atoms with Crippen molar-refractivity contribution < 1.29 is 22.7 Å². The molecule has 0 spiro atoms. The van der Waals surface area contributed by atoms with Gasteiger partial charge in [0, 0.05) is 25.1 Å². The van der Waals surface area contributed by atoms with E-state index in [9.17, 15) is 4.79 Å². The average Bonchev–Trinajstić information content (AvgIpc) is 2.99. The predicted molar refractivity (Wildman–Crippen MR) is 174 cm³/mol. The molecular weight excluding hydrogens is 572 g/mol. The summed E-state index contributed by atoms with van der Waals surface area (Å²) in [5.74, 6) is -2.62. The molecule has 0 aromatic heterocycles. The second-order valence-corrected chi connectivity index (χ2v) is 14.7. The van der Waals surface area contributed by atoms with Gasteiger partial charge in [0.1, 0.15) is 0 Å². The maximum atomic E-state index is 16.5. The number of carbonyl (C=O) groups is 1. The van der Waals surface area contributed by atoms with Crippen molar-refractivity contribution in [3.63, 3.8) is 0 Å². The fraction of sp³-hybridized carbons (Fsp3) is 0.324. The second-order valence-electron chi connectivity index (χ2n) is 12.7. The van der Waals surface area contributed by atoms with Gasteiger partial charge in [-0.15, -0.1) is 0 Å². The van der Waals surface area contributed by atoms with Gasteiger partial charge in [0.25, 0.3) is 9.04 Å². The molecule has 1 heterocycles. The third-order valence-electron chi connectivity index (χ3n) is 7.83. The molecule has 0 N–H and O–H groups in total. The van der Waals surface area contributed by atoms with Crippen LogP contribution in [-0.2, 0) is 15.6 Å². The van der Waals surface area contributed by atoms with Crippen molar-refractivity contribution >= 4 is 30.9 Å². The molecule has 4 aromatic rings. The molecule has 1 aliphatic rings. The molecule has 1 fully saturated rings. The van der Waals surface area contributed by atoms with Crippen LogP contribution in [0.5, 0.6) is 0 Å². The zero-order valence-electron chi connectivity index (χ0n) is 26.0. The fourth-order valence-electron chi connectivity index (χ4n) is 5.90. The summed E-state index contributed by atoms with van der Waals surface area (Å²) in [6.45, 7) is 10.7. The van der Waals surface area contributed by atoms with E-state index in [2.05, 4.69) is 0 Å². The van der Waals surface area contributed by atoms with E-state index in [0.29, 0.717) is 18.7 Å². The number of morpholine rings is 1. The summed E-state index contributed by atoms with van der Waals surface area (Å²) in [5.41, 5.74) is 0.556. The Hall–Kier alpha value is -3.65. The largest absolute Gasteiger partial charge is 0.400 e. The number of carbonyl (C=O) groups excluding carboxylic acids is 1. The zero-order valence-corrected chi connectivity index (χ0v) is 27.0. The van der Waals surface area contributed by atoms with Gasteiger partial charge in [-0.05, 0) is 41.3 Å². The van der Waals surface area contributed by atoms with Gasteiger partial charge >= 0.3 is 0 Å². The number of halogens is 2. The predicted octanol–water partition coefficient (Wildman–Crippen LogP) is 6.91. The highest BCUT2D eigenvalue weighted by molar-refractivity contribution is 6.80. The van der Waals surface area contributed by atoms with E-state index >= 15 is 8.78 Å². The first-order chi connectivity index (χ1) is 21.0. The summed E-state index contributed by atoms with van der Waals surface area (Å²) < 4.78 is 45.6. The quantitative estimate of drug-likeness (QED) is 0.152. The van der Waals surface area contributed by atoms with Crippen molar-refractivity contribution in [3.8, 4) is 0 Å². The van der Waals surface area contributed by atoms with Crippen molar-refractivity contribution in [1.29, 1.82) is 0 Å². The van der Waals surface area contributed by atoms with Crippen LogP contribution >= 0.6 is 0 Å². The molecular formula is C37H40F2NO3Si. The van der Waals surface area contributed by atoms with Crippen LogP contribution in [0.3, 0.4) is 0 Å². The molecule has 4 nitrogen and oxygen atoms in total. The number of benzene rings is 4.